The average molecular weight is 394 g/mol. The lowest BCUT2D eigenvalue weighted by Gasteiger charge is -2.22. The number of ether oxygens (including phenoxy) is 2. The number of rotatable bonds is 7. The van der Waals surface area contributed by atoms with Gasteiger partial charge in [0.2, 0.25) is 6.10 Å². The van der Waals surface area contributed by atoms with E-state index >= 15 is 0 Å². The van der Waals surface area contributed by atoms with E-state index < -0.39 is 24.6 Å². The lowest BCUT2D eigenvalue weighted by Crippen LogP contribution is -2.22. The molecule has 0 N–H and O–H groups in total. The normalized spacial score (nSPS) is 13.1. The molecule has 0 saturated heterocycles. The van der Waals surface area contributed by atoms with Gasteiger partial charge >= 0.3 is 12.6 Å². The predicted molar refractivity (Wildman–Crippen MR) is 96.6 cm³/mol. The van der Waals surface area contributed by atoms with Crippen LogP contribution in [0.3, 0.4) is 0 Å². The number of nitriles is 1. The molecular formula is C20H18ClF2NO3. The molecule has 4 nitrogen and oxygen atoms in total. The van der Waals surface area contributed by atoms with Crippen LogP contribution in [0.15, 0.2) is 48.5 Å². The van der Waals surface area contributed by atoms with Crippen molar-refractivity contribution in [3.63, 3.8) is 0 Å². The van der Waals surface area contributed by atoms with E-state index in [1.807, 2.05) is 19.9 Å². The topological polar surface area (TPSA) is 59.3 Å². The van der Waals surface area contributed by atoms with Crippen LogP contribution >= 0.6 is 11.6 Å². The standard InChI is InChI=1S/C20H18ClF2NO3/c1-12(2)18(13-6-8-15(21)9-7-13)19(25)27-17(11-24)14-4-3-5-16(10-14)26-20(22)23/h3-10,12,17-18,20H,1-2H3. The summed E-state index contributed by atoms with van der Waals surface area (Å²) >= 11 is 5.89. The molecule has 2 aromatic rings. The van der Waals surface area contributed by atoms with Gasteiger partial charge in [0.15, 0.2) is 0 Å². The van der Waals surface area contributed by atoms with Crippen molar-refractivity contribution < 1.29 is 23.0 Å². The molecular weight excluding hydrogens is 376 g/mol. The highest BCUT2D eigenvalue weighted by Gasteiger charge is 2.29. The van der Waals surface area contributed by atoms with E-state index in [0.717, 1.165) is 0 Å². The number of hydrogen-bond donors (Lipinski definition) is 0. The maximum absolute atomic E-state index is 12.7. The quantitative estimate of drug-likeness (QED) is 0.583. The number of halogens is 3. The molecule has 0 bridgehead atoms. The van der Waals surface area contributed by atoms with Crippen LogP contribution in [0, 0.1) is 17.2 Å². The number of alkyl halides is 2. The minimum Gasteiger partial charge on any atom is -0.441 e. The third-order valence-electron chi connectivity index (χ3n) is 3.89. The van der Waals surface area contributed by atoms with Gasteiger partial charge in [-0.2, -0.15) is 14.0 Å². The molecule has 0 aliphatic rings. The lowest BCUT2D eigenvalue weighted by molar-refractivity contribution is -0.150. The fourth-order valence-corrected chi connectivity index (χ4v) is 2.80. The van der Waals surface area contributed by atoms with Crippen LogP contribution in [0.2, 0.25) is 5.02 Å². The highest BCUT2D eigenvalue weighted by molar-refractivity contribution is 6.30. The zero-order valence-electron chi connectivity index (χ0n) is 14.7. The Bertz CT molecular complexity index is 819. The van der Waals surface area contributed by atoms with E-state index in [2.05, 4.69) is 4.74 Å². The monoisotopic (exact) mass is 393 g/mol. The summed E-state index contributed by atoms with van der Waals surface area (Å²) in [6.45, 7) is 0.733. The molecule has 142 valence electrons. The maximum atomic E-state index is 12.7. The van der Waals surface area contributed by atoms with Gasteiger partial charge in [0, 0.05) is 10.6 Å². The Morgan fingerprint density at radius 1 is 1.11 bits per heavy atom. The molecule has 0 radical (unpaired) electrons. The van der Waals surface area contributed by atoms with Crippen LogP contribution in [0.5, 0.6) is 5.75 Å². The highest BCUT2D eigenvalue weighted by atomic mass is 35.5. The zero-order chi connectivity index (χ0) is 20.0. The van der Waals surface area contributed by atoms with Gasteiger partial charge in [-0.15, -0.1) is 0 Å². The Labute approximate surface area is 161 Å². The Kier molecular flexibility index (Phi) is 7.14. The number of esters is 1. The summed E-state index contributed by atoms with van der Waals surface area (Å²) in [4.78, 5) is 12.7. The minimum absolute atomic E-state index is 0.0912. The van der Waals surface area contributed by atoms with Crippen molar-refractivity contribution in [2.45, 2.75) is 32.5 Å². The molecule has 27 heavy (non-hydrogen) atoms. The second-order valence-corrected chi connectivity index (χ2v) is 6.61. The number of carbonyl (C=O) groups is 1. The Morgan fingerprint density at radius 3 is 2.33 bits per heavy atom. The first-order valence-corrected chi connectivity index (χ1v) is 8.60. The Hall–Kier alpha value is -2.65. The molecule has 0 amide bonds. The van der Waals surface area contributed by atoms with E-state index in [1.165, 1.54) is 24.3 Å². The van der Waals surface area contributed by atoms with E-state index in [9.17, 15) is 18.8 Å². The number of hydrogen-bond acceptors (Lipinski definition) is 4. The molecule has 0 aliphatic carbocycles. The summed E-state index contributed by atoms with van der Waals surface area (Å²) in [5.41, 5.74) is 0.966. The van der Waals surface area contributed by atoms with Gasteiger partial charge < -0.3 is 9.47 Å². The number of benzene rings is 2. The summed E-state index contributed by atoms with van der Waals surface area (Å²) < 4.78 is 34.5. The number of nitrogens with zero attached hydrogens (tertiary/aromatic N) is 1. The van der Waals surface area contributed by atoms with Gasteiger partial charge in [-0.3, -0.25) is 4.79 Å². The molecule has 0 spiro atoms. The third-order valence-corrected chi connectivity index (χ3v) is 4.14. The summed E-state index contributed by atoms with van der Waals surface area (Å²) in [5, 5.41) is 9.94. The van der Waals surface area contributed by atoms with Gasteiger partial charge in [0.05, 0.1) is 5.92 Å². The van der Waals surface area contributed by atoms with Crippen LogP contribution < -0.4 is 4.74 Å². The molecule has 0 fully saturated rings. The lowest BCUT2D eigenvalue weighted by atomic mass is 9.88. The molecule has 2 atom stereocenters. The SMILES string of the molecule is CC(C)C(C(=O)OC(C#N)c1cccc(OC(F)F)c1)c1ccc(Cl)cc1. The van der Waals surface area contributed by atoms with Crippen molar-refractivity contribution in [2.75, 3.05) is 0 Å². The molecule has 0 heterocycles. The van der Waals surface area contributed by atoms with Crippen LogP contribution in [0.4, 0.5) is 8.78 Å². The maximum Gasteiger partial charge on any atom is 0.387 e. The summed E-state index contributed by atoms with van der Waals surface area (Å²) in [7, 11) is 0. The fraction of sp³-hybridized carbons (Fsp3) is 0.300. The molecule has 0 aromatic heterocycles. The first-order chi connectivity index (χ1) is 12.8. The van der Waals surface area contributed by atoms with Crippen molar-refractivity contribution in [3.8, 4) is 11.8 Å². The third kappa shape index (κ3) is 5.66. The smallest absolute Gasteiger partial charge is 0.387 e. The van der Waals surface area contributed by atoms with Gasteiger partial charge in [0.1, 0.15) is 11.8 Å². The highest BCUT2D eigenvalue weighted by Crippen LogP contribution is 2.30. The minimum atomic E-state index is -2.99. The molecule has 2 aromatic carbocycles. The fourth-order valence-electron chi connectivity index (χ4n) is 2.68. The van der Waals surface area contributed by atoms with Gasteiger partial charge in [0.25, 0.3) is 0 Å². The predicted octanol–water partition coefficient (Wildman–Crippen LogP) is 5.49. The van der Waals surface area contributed by atoms with Crippen molar-refractivity contribution in [1.82, 2.24) is 0 Å². The first-order valence-electron chi connectivity index (χ1n) is 8.22. The molecule has 0 aliphatic heterocycles. The van der Waals surface area contributed by atoms with Gasteiger partial charge in [-0.1, -0.05) is 49.7 Å². The van der Waals surface area contributed by atoms with Crippen LogP contribution in [-0.2, 0) is 9.53 Å². The van der Waals surface area contributed by atoms with Gasteiger partial charge in [-0.25, -0.2) is 0 Å². The van der Waals surface area contributed by atoms with Crippen LogP contribution in [-0.4, -0.2) is 12.6 Å². The number of carbonyl (C=O) groups excluding carboxylic acids is 1. The van der Waals surface area contributed by atoms with Crippen molar-refractivity contribution in [2.24, 2.45) is 5.92 Å². The average Bonchev–Trinajstić information content (AvgIpc) is 2.61. The molecule has 0 saturated carbocycles. The van der Waals surface area contributed by atoms with Crippen LogP contribution in [0.25, 0.3) is 0 Å². The molecule has 2 rings (SSSR count). The van der Waals surface area contributed by atoms with E-state index in [-0.39, 0.29) is 17.2 Å². The van der Waals surface area contributed by atoms with Gasteiger partial charge in [-0.05, 0) is 35.7 Å². The summed E-state index contributed by atoms with van der Waals surface area (Å²) in [6.07, 6.45) is -1.24. The zero-order valence-corrected chi connectivity index (χ0v) is 15.5. The largest absolute Gasteiger partial charge is 0.441 e. The summed E-state index contributed by atoms with van der Waals surface area (Å²) in [6, 6.07) is 14.2. The Balaban J connectivity index is 2.22. The summed E-state index contributed by atoms with van der Waals surface area (Å²) in [5.74, 6) is -1.39. The molecule has 2 unspecified atom stereocenters. The van der Waals surface area contributed by atoms with E-state index in [4.69, 9.17) is 16.3 Å². The van der Waals surface area contributed by atoms with E-state index in [1.54, 1.807) is 24.3 Å². The van der Waals surface area contributed by atoms with Crippen molar-refractivity contribution in [3.05, 3.63) is 64.7 Å². The van der Waals surface area contributed by atoms with Crippen molar-refractivity contribution >= 4 is 17.6 Å². The second kappa shape index (κ2) is 9.33. The van der Waals surface area contributed by atoms with E-state index in [0.29, 0.717) is 10.6 Å². The first kappa shape index (κ1) is 20.7. The van der Waals surface area contributed by atoms with Crippen molar-refractivity contribution in [1.29, 1.82) is 5.26 Å². The van der Waals surface area contributed by atoms with Crippen LogP contribution in [0.1, 0.15) is 37.0 Å². The Morgan fingerprint density at radius 2 is 1.78 bits per heavy atom. The molecule has 7 heteroatoms. The second-order valence-electron chi connectivity index (χ2n) is 6.17.